The molecule has 1 aliphatic heterocycles. The maximum Gasteiger partial charge on any atom is 0.434 e. The minimum atomic E-state index is -4.44. The highest BCUT2D eigenvalue weighted by atomic mass is 127. The molecule has 0 amide bonds. The molecule has 1 fully saturated rings. The van der Waals surface area contributed by atoms with Gasteiger partial charge in [-0.1, -0.05) is 0 Å². The Bertz CT molecular complexity index is 747. The summed E-state index contributed by atoms with van der Waals surface area (Å²) in [5.41, 5.74) is -0.895. The zero-order chi connectivity index (χ0) is 20.1. The highest BCUT2D eigenvalue weighted by Crippen LogP contribution is 2.30. The third kappa shape index (κ3) is 7.99. The molecule has 2 N–H and O–H groups in total. The average molecular weight is 555 g/mol. The van der Waals surface area contributed by atoms with Gasteiger partial charge in [0.05, 0.1) is 12.8 Å². The van der Waals surface area contributed by atoms with Crippen molar-refractivity contribution in [1.82, 2.24) is 19.9 Å². The van der Waals surface area contributed by atoms with Crippen LogP contribution in [0.1, 0.15) is 30.5 Å². The van der Waals surface area contributed by atoms with E-state index in [1.54, 1.807) is 0 Å². The van der Waals surface area contributed by atoms with Crippen LogP contribution < -0.4 is 10.6 Å². The third-order valence-electron chi connectivity index (χ3n) is 4.16. The number of hydrogen-bond acceptors (Lipinski definition) is 5. The highest BCUT2D eigenvalue weighted by Gasteiger charge is 2.33. The van der Waals surface area contributed by atoms with E-state index in [9.17, 15) is 21.6 Å². The largest absolute Gasteiger partial charge is 0.434 e. The topological polar surface area (TPSA) is 86.7 Å². The van der Waals surface area contributed by atoms with Crippen LogP contribution in [0.25, 0.3) is 0 Å². The number of hydrogen-bond donors (Lipinski definition) is 2. The van der Waals surface area contributed by atoms with Gasteiger partial charge in [0.2, 0.25) is 10.0 Å². The van der Waals surface area contributed by atoms with Crippen LogP contribution in [0.15, 0.2) is 10.4 Å². The van der Waals surface area contributed by atoms with Gasteiger partial charge in [-0.3, -0.25) is 0 Å². The number of halogens is 4. The second-order valence-corrected chi connectivity index (χ2v) is 9.23. The molecule has 2 rings (SSSR count). The molecule has 0 radical (unpaired) electrons. The molecule has 0 spiro atoms. The molecule has 0 bridgehead atoms. The van der Waals surface area contributed by atoms with Crippen molar-refractivity contribution in [3.63, 3.8) is 0 Å². The number of guanidine groups is 1. The van der Waals surface area contributed by atoms with Gasteiger partial charge in [-0.2, -0.15) is 13.2 Å². The van der Waals surface area contributed by atoms with E-state index in [-0.39, 0.29) is 30.5 Å². The van der Waals surface area contributed by atoms with Crippen molar-refractivity contribution in [3.05, 3.63) is 16.1 Å². The summed E-state index contributed by atoms with van der Waals surface area (Å²) >= 11 is 0.929. The predicted octanol–water partition coefficient (Wildman–Crippen LogP) is 2.51. The van der Waals surface area contributed by atoms with Crippen LogP contribution in [0.2, 0.25) is 0 Å². The van der Waals surface area contributed by atoms with Gasteiger partial charge in [0.15, 0.2) is 11.7 Å². The number of rotatable bonds is 6. The van der Waals surface area contributed by atoms with E-state index in [4.69, 9.17) is 0 Å². The number of piperidine rings is 1. The van der Waals surface area contributed by atoms with Crippen molar-refractivity contribution in [3.8, 4) is 0 Å². The molecule has 1 saturated heterocycles. The van der Waals surface area contributed by atoms with Crippen molar-refractivity contribution >= 4 is 51.3 Å². The summed E-state index contributed by atoms with van der Waals surface area (Å²) in [5.74, 6) is 0.815. The molecule has 2 heterocycles. The smallest absolute Gasteiger partial charge is 0.357 e. The zero-order valence-electron chi connectivity index (χ0n) is 15.6. The summed E-state index contributed by atoms with van der Waals surface area (Å²) in [4.78, 5) is 7.85. The van der Waals surface area contributed by atoms with Gasteiger partial charge < -0.3 is 10.6 Å². The van der Waals surface area contributed by atoms with Crippen LogP contribution in [0.5, 0.6) is 0 Å². The molecule has 28 heavy (non-hydrogen) atoms. The summed E-state index contributed by atoms with van der Waals surface area (Å²) in [5, 5.41) is 7.51. The monoisotopic (exact) mass is 555 g/mol. The first-order valence-electron chi connectivity index (χ1n) is 8.58. The summed E-state index contributed by atoms with van der Waals surface area (Å²) in [7, 11) is -3.15. The lowest BCUT2D eigenvalue weighted by Gasteiger charge is -2.30. The number of thiazole rings is 1. The Labute approximate surface area is 184 Å². The Morgan fingerprint density at radius 1 is 1.36 bits per heavy atom. The standard InChI is InChI=1S/C15H24F3N5O2S2.HI/c1-3-19-14(21-9-13-22-12(10-26-13)15(16,17)18)20-8-11-4-6-23(7-5-11)27(2,24)25;/h10-11H,3-9H2,1-2H3,(H2,19,20,21);1H. The van der Waals surface area contributed by atoms with E-state index >= 15 is 0 Å². The van der Waals surface area contributed by atoms with Crippen LogP contribution >= 0.6 is 35.3 Å². The molecule has 0 atom stereocenters. The second-order valence-electron chi connectivity index (χ2n) is 6.31. The van der Waals surface area contributed by atoms with Gasteiger partial charge in [0, 0.05) is 31.6 Å². The number of aliphatic imine (C=N–C) groups is 1. The number of nitrogens with one attached hydrogen (secondary N) is 2. The summed E-state index contributed by atoms with van der Waals surface area (Å²) in [6.07, 6.45) is -1.73. The Balaban J connectivity index is 0.00000392. The van der Waals surface area contributed by atoms with Gasteiger partial charge in [-0.05, 0) is 25.7 Å². The molecular weight excluding hydrogens is 530 g/mol. The molecule has 0 aliphatic carbocycles. The molecule has 1 aromatic rings. The van der Waals surface area contributed by atoms with E-state index in [0.717, 1.165) is 29.6 Å². The van der Waals surface area contributed by atoms with E-state index in [1.807, 2.05) is 6.92 Å². The Morgan fingerprint density at radius 3 is 2.50 bits per heavy atom. The van der Waals surface area contributed by atoms with Crippen LogP contribution in [-0.4, -0.2) is 56.1 Å². The van der Waals surface area contributed by atoms with Crippen molar-refractivity contribution in [2.24, 2.45) is 10.9 Å². The van der Waals surface area contributed by atoms with Crippen molar-refractivity contribution in [1.29, 1.82) is 0 Å². The summed E-state index contributed by atoms with van der Waals surface area (Å²) < 4.78 is 62.3. The maximum absolute atomic E-state index is 12.6. The molecule has 7 nitrogen and oxygen atoms in total. The van der Waals surface area contributed by atoms with Crippen molar-refractivity contribution < 1.29 is 21.6 Å². The van der Waals surface area contributed by atoms with Gasteiger partial charge in [0.25, 0.3) is 0 Å². The van der Waals surface area contributed by atoms with E-state index in [1.165, 1.54) is 10.6 Å². The Kier molecular flexibility index (Phi) is 9.89. The summed E-state index contributed by atoms with van der Waals surface area (Å²) in [6, 6.07) is 0. The van der Waals surface area contributed by atoms with Gasteiger partial charge in [-0.25, -0.2) is 22.7 Å². The minimum absolute atomic E-state index is 0. The SMILES string of the molecule is CCNC(=NCc1nc(C(F)(F)F)cs1)NCC1CCN(S(C)(=O)=O)CC1.I. The first-order chi connectivity index (χ1) is 12.6. The second kappa shape index (κ2) is 10.9. The lowest BCUT2D eigenvalue weighted by atomic mass is 9.98. The van der Waals surface area contributed by atoms with Crippen molar-refractivity contribution in [2.75, 3.05) is 32.4 Å². The lowest BCUT2D eigenvalue weighted by Crippen LogP contribution is -2.44. The fourth-order valence-corrected chi connectivity index (χ4v) is 4.29. The molecule has 13 heteroatoms. The molecule has 0 unspecified atom stereocenters. The molecular formula is C15H25F3IN5O2S2. The van der Waals surface area contributed by atoms with Crippen molar-refractivity contribution in [2.45, 2.75) is 32.5 Å². The minimum Gasteiger partial charge on any atom is -0.357 e. The van der Waals surface area contributed by atoms with Crippen LogP contribution in [-0.2, 0) is 22.7 Å². The Morgan fingerprint density at radius 2 is 2.00 bits per heavy atom. The van der Waals surface area contributed by atoms with E-state index in [0.29, 0.717) is 43.1 Å². The Hall–Kier alpha value is -0.670. The first kappa shape index (κ1) is 25.4. The average Bonchev–Trinajstić information content (AvgIpc) is 3.06. The lowest BCUT2D eigenvalue weighted by molar-refractivity contribution is -0.140. The number of sulfonamides is 1. The number of nitrogens with zero attached hydrogens (tertiary/aromatic N) is 3. The zero-order valence-corrected chi connectivity index (χ0v) is 19.6. The molecule has 1 aromatic heterocycles. The van der Waals surface area contributed by atoms with Gasteiger partial charge in [-0.15, -0.1) is 35.3 Å². The first-order valence-corrected chi connectivity index (χ1v) is 11.3. The fraction of sp³-hybridized carbons (Fsp3) is 0.733. The predicted molar refractivity (Wildman–Crippen MR) is 114 cm³/mol. The molecule has 162 valence electrons. The maximum atomic E-state index is 12.6. The quantitative estimate of drug-likeness (QED) is 0.320. The molecule has 0 aromatic carbocycles. The number of aromatic nitrogens is 1. The normalized spacial score (nSPS) is 17.2. The molecule has 0 saturated carbocycles. The van der Waals surface area contributed by atoms with Gasteiger partial charge in [0.1, 0.15) is 5.01 Å². The van der Waals surface area contributed by atoms with Crippen LogP contribution in [0.3, 0.4) is 0 Å². The highest BCUT2D eigenvalue weighted by molar-refractivity contribution is 14.0. The van der Waals surface area contributed by atoms with E-state index in [2.05, 4.69) is 20.6 Å². The van der Waals surface area contributed by atoms with Crippen LogP contribution in [0.4, 0.5) is 13.2 Å². The van der Waals surface area contributed by atoms with Crippen LogP contribution in [0, 0.1) is 5.92 Å². The summed E-state index contributed by atoms with van der Waals surface area (Å²) in [6.45, 7) is 4.19. The van der Waals surface area contributed by atoms with Gasteiger partial charge >= 0.3 is 6.18 Å². The number of alkyl halides is 3. The molecule has 1 aliphatic rings. The third-order valence-corrected chi connectivity index (χ3v) is 6.30. The van der Waals surface area contributed by atoms with E-state index < -0.39 is 21.9 Å². The fourth-order valence-electron chi connectivity index (χ4n) is 2.69.